The molecule has 2 aromatic rings. The molecule has 0 radical (unpaired) electrons. The van der Waals surface area contributed by atoms with Gasteiger partial charge in [-0.1, -0.05) is 30.3 Å². The highest BCUT2D eigenvalue weighted by molar-refractivity contribution is 5.78. The van der Waals surface area contributed by atoms with E-state index in [0.29, 0.717) is 18.8 Å². The number of amides is 1. The summed E-state index contributed by atoms with van der Waals surface area (Å²) in [6, 6.07) is 14.5. The van der Waals surface area contributed by atoms with Crippen LogP contribution in [0.4, 0.5) is 5.69 Å². The number of benzene rings is 2. The van der Waals surface area contributed by atoms with Crippen LogP contribution in [-0.4, -0.2) is 60.5 Å². The fourth-order valence-electron chi connectivity index (χ4n) is 3.12. The average Bonchev–Trinajstić information content (AvgIpc) is 2.73. The molecule has 0 N–H and O–H groups in total. The maximum absolute atomic E-state index is 12.4. The topological polar surface area (TPSA) is 85.2 Å². The molecule has 0 atom stereocenters. The van der Waals surface area contributed by atoms with Gasteiger partial charge >= 0.3 is 5.69 Å². The van der Waals surface area contributed by atoms with E-state index < -0.39 is 4.92 Å². The molecule has 0 aliphatic carbocycles. The Kier molecular flexibility index (Phi) is 6.44. The first-order valence-electron chi connectivity index (χ1n) is 9.06. The number of nitro benzene ring substituents is 1. The second kappa shape index (κ2) is 9.18. The number of methoxy groups -OCH3 is 1. The lowest BCUT2D eigenvalue weighted by Crippen LogP contribution is -2.49. The van der Waals surface area contributed by atoms with E-state index in [4.69, 9.17) is 9.47 Å². The van der Waals surface area contributed by atoms with Crippen LogP contribution in [0.3, 0.4) is 0 Å². The van der Waals surface area contributed by atoms with E-state index in [0.717, 1.165) is 19.6 Å². The second-order valence-corrected chi connectivity index (χ2v) is 6.52. The van der Waals surface area contributed by atoms with Crippen LogP contribution < -0.4 is 9.47 Å². The Hall–Kier alpha value is -3.13. The van der Waals surface area contributed by atoms with Crippen molar-refractivity contribution in [3.63, 3.8) is 0 Å². The highest BCUT2D eigenvalue weighted by Crippen LogP contribution is 2.31. The minimum atomic E-state index is -0.551. The zero-order valence-electron chi connectivity index (χ0n) is 15.7. The molecule has 1 amide bonds. The Morgan fingerprint density at radius 3 is 2.46 bits per heavy atom. The van der Waals surface area contributed by atoms with Crippen molar-refractivity contribution in [3.8, 4) is 11.5 Å². The van der Waals surface area contributed by atoms with E-state index in [1.54, 1.807) is 11.0 Å². The summed E-state index contributed by atoms with van der Waals surface area (Å²) in [4.78, 5) is 27.1. The van der Waals surface area contributed by atoms with E-state index in [9.17, 15) is 14.9 Å². The summed E-state index contributed by atoms with van der Waals surface area (Å²) in [5.74, 6) is 0.242. The first-order valence-corrected chi connectivity index (χ1v) is 9.06. The van der Waals surface area contributed by atoms with Gasteiger partial charge in [-0.25, -0.2) is 0 Å². The molecule has 28 heavy (non-hydrogen) atoms. The Balaban J connectivity index is 1.50. The number of ether oxygens (including phenoxy) is 2. The highest BCUT2D eigenvalue weighted by atomic mass is 16.6. The predicted molar refractivity (Wildman–Crippen MR) is 103 cm³/mol. The van der Waals surface area contributed by atoms with Gasteiger partial charge in [0.25, 0.3) is 5.91 Å². The van der Waals surface area contributed by atoms with E-state index >= 15 is 0 Å². The third-order valence-corrected chi connectivity index (χ3v) is 4.69. The average molecular weight is 385 g/mol. The van der Waals surface area contributed by atoms with Crippen LogP contribution in [0.5, 0.6) is 11.5 Å². The van der Waals surface area contributed by atoms with Gasteiger partial charge in [-0.3, -0.25) is 19.8 Å². The summed E-state index contributed by atoms with van der Waals surface area (Å²) in [5.41, 5.74) is 1.03. The number of piperazine rings is 1. The van der Waals surface area contributed by atoms with Crippen LogP contribution in [-0.2, 0) is 11.3 Å². The summed E-state index contributed by atoms with van der Waals surface area (Å²) < 4.78 is 10.4. The minimum Gasteiger partial charge on any atom is -0.496 e. The largest absolute Gasteiger partial charge is 0.496 e. The van der Waals surface area contributed by atoms with Crippen molar-refractivity contribution >= 4 is 11.6 Å². The van der Waals surface area contributed by atoms with Gasteiger partial charge in [-0.15, -0.1) is 0 Å². The van der Waals surface area contributed by atoms with Crippen molar-refractivity contribution in [1.29, 1.82) is 0 Å². The Labute approximate surface area is 163 Å². The van der Waals surface area contributed by atoms with Crippen molar-refractivity contribution in [2.45, 2.75) is 6.54 Å². The second-order valence-electron chi connectivity index (χ2n) is 6.52. The Bertz CT molecular complexity index is 820. The highest BCUT2D eigenvalue weighted by Gasteiger charge is 2.23. The summed E-state index contributed by atoms with van der Waals surface area (Å²) in [5, 5.41) is 11.2. The number of carbonyl (C=O) groups excluding carboxylic acids is 1. The Morgan fingerprint density at radius 1 is 1.11 bits per heavy atom. The smallest absolute Gasteiger partial charge is 0.314 e. The zero-order valence-corrected chi connectivity index (χ0v) is 15.7. The zero-order chi connectivity index (χ0) is 19.9. The number of hydrogen-bond acceptors (Lipinski definition) is 6. The Morgan fingerprint density at radius 2 is 1.82 bits per heavy atom. The monoisotopic (exact) mass is 385 g/mol. The van der Waals surface area contributed by atoms with Gasteiger partial charge in [0.2, 0.25) is 0 Å². The molecule has 0 spiro atoms. The molecule has 0 bridgehead atoms. The molecule has 8 nitrogen and oxygen atoms in total. The SMILES string of the molecule is COc1ccc(OCC(=O)N2CCN(Cc3ccccc3)CC2)c([N+](=O)[O-])c1. The van der Waals surface area contributed by atoms with Gasteiger partial charge in [0, 0.05) is 32.7 Å². The molecule has 1 aliphatic rings. The molecular formula is C20H23N3O5. The summed E-state index contributed by atoms with van der Waals surface area (Å²) in [7, 11) is 1.43. The van der Waals surface area contributed by atoms with Crippen LogP contribution in [0.2, 0.25) is 0 Å². The molecule has 8 heteroatoms. The molecule has 1 aliphatic heterocycles. The number of nitrogens with zero attached hydrogens (tertiary/aromatic N) is 3. The van der Waals surface area contributed by atoms with Crippen LogP contribution in [0, 0.1) is 10.1 Å². The normalized spacial score (nSPS) is 14.5. The molecule has 3 rings (SSSR count). The fraction of sp³-hybridized carbons (Fsp3) is 0.350. The molecular weight excluding hydrogens is 362 g/mol. The van der Waals surface area contributed by atoms with Crippen molar-refractivity contribution in [1.82, 2.24) is 9.80 Å². The molecule has 0 aromatic heterocycles. The number of rotatable bonds is 7. The van der Waals surface area contributed by atoms with Crippen LogP contribution >= 0.6 is 0 Å². The van der Waals surface area contributed by atoms with Gasteiger partial charge in [0.05, 0.1) is 18.1 Å². The maximum Gasteiger partial charge on any atom is 0.314 e. The third kappa shape index (κ3) is 4.98. The fourth-order valence-corrected chi connectivity index (χ4v) is 3.12. The predicted octanol–water partition coefficient (Wildman–Crippen LogP) is 2.33. The summed E-state index contributed by atoms with van der Waals surface area (Å²) in [6.45, 7) is 3.41. The molecule has 1 saturated heterocycles. The maximum atomic E-state index is 12.4. The molecule has 0 unspecified atom stereocenters. The van der Waals surface area contributed by atoms with Gasteiger partial charge in [-0.05, 0) is 17.7 Å². The lowest BCUT2D eigenvalue weighted by molar-refractivity contribution is -0.385. The van der Waals surface area contributed by atoms with Gasteiger partial charge in [0.1, 0.15) is 5.75 Å². The summed E-state index contributed by atoms with van der Waals surface area (Å²) >= 11 is 0. The number of carbonyl (C=O) groups is 1. The van der Waals surface area contributed by atoms with E-state index in [-0.39, 0.29) is 24.0 Å². The lowest BCUT2D eigenvalue weighted by atomic mass is 10.2. The quantitative estimate of drug-likeness (QED) is 0.537. The van der Waals surface area contributed by atoms with Gasteiger partial charge in [0.15, 0.2) is 12.4 Å². The third-order valence-electron chi connectivity index (χ3n) is 4.69. The van der Waals surface area contributed by atoms with Gasteiger partial charge in [-0.2, -0.15) is 0 Å². The van der Waals surface area contributed by atoms with E-state index in [1.807, 2.05) is 18.2 Å². The first kappa shape index (κ1) is 19.6. The van der Waals surface area contributed by atoms with Crippen molar-refractivity contribution in [3.05, 3.63) is 64.2 Å². The minimum absolute atomic E-state index is 0.0573. The molecule has 2 aromatic carbocycles. The van der Waals surface area contributed by atoms with E-state index in [1.165, 1.54) is 24.8 Å². The van der Waals surface area contributed by atoms with E-state index in [2.05, 4.69) is 17.0 Å². The molecule has 1 fully saturated rings. The molecule has 148 valence electrons. The lowest BCUT2D eigenvalue weighted by Gasteiger charge is -2.34. The van der Waals surface area contributed by atoms with Gasteiger partial charge < -0.3 is 14.4 Å². The van der Waals surface area contributed by atoms with Crippen LogP contribution in [0.15, 0.2) is 48.5 Å². The molecule has 1 heterocycles. The van der Waals surface area contributed by atoms with Crippen molar-refractivity contribution in [2.24, 2.45) is 0 Å². The number of hydrogen-bond donors (Lipinski definition) is 0. The van der Waals surface area contributed by atoms with Crippen molar-refractivity contribution in [2.75, 3.05) is 39.9 Å². The first-order chi connectivity index (χ1) is 13.6. The van der Waals surface area contributed by atoms with Crippen LogP contribution in [0.1, 0.15) is 5.56 Å². The standard InChI is InChI=1S/C20H23N3O5/c1-27-17-7-8-19(18(13-17)23(25)26)28-15-20(24)22-11-9-21(10-12-22)14-16-5-3-2-4-6-16/h2-8,13H,9-12,14-15H2,1H3. The van der Waals surface area contributed by atoms with Crippen LogP contribution in [0.25, 0.3) is 0 Å². The summed E-state index contributed by atoms with van der Waals surface area (Å²) in [6.07, 6.45) is 0. The van der Waals surface area contributed by atoms with Crippen molar-refractivity contribution < 1.29 is 19.2 Å². The molecule has 0 saturated carbocycles. The number of nitro groups is 1.